The van der Waals surface area contributed by atoms with Crippen LogP contribution in [-0.2, 0) is 12.8 Å². The normalized spacial score (nSPS) is 20.2. The number of nitrogens with zero attached hydrogens (tertiary/aromatic N) is 2. The van der Waals surface area contributed by atoms with Gasteiger partial charge in [0.1, 0.15) is 0 Å². The second-order valence-corrected chi connectivity index (χ2v) is 8.08. The van der Waals surface area contributed by atoms with Crippen molar-refractivity contribution < 1.29 is 0 Å². The van der Waals surface area contributed by atoms with Crippen LogP contribution in [0.25, 0.3) is 11.4 Å². The second kappa shape index (κ2) is 9.85. The molecule has 3 rings (SSSR count). The van der Waals surface area contributed by atoms with Gasteiger partial charge in [0.25, 0.3) is 0 Å². The molecule has 1 aliphatic carbocycles. The summed E-state index contributed by atoms with van der Waals surface area (Å²) in [5.74, 6) is 2.79. The summed E-state index contributed by atoms with van der Waals surface area (Å²) >= 11 is 0. The first-order valence-corrected chi connectivity index (χ1v) is 10.7. The third-order valence-electron chi connectivity index (χ3n) is 5.96. The molecule has 2 heteroatoms. The molecule has 0 amide bonds. The van der Waals surface area contributed by atoms with Gasteiger partial charge in [-0.1, -0.05) is 83.1 Å². The van der Waals surface area contributed by atoms with E-state index in [1.54, 1.807) is 0 Å². The standard InChI is InChI=1S/C24H34N2/c1-3-5-19-7-9-20(10-8-19)11-12-21-13-15-23(16-14-21)24-25-17-22(6-4-2)18-26-24/h13-20H,3-12H2,1-2H3. The van der Waals surface area contributed by atoms with Gasteiger partial charge >= 0.3 is 0 Å². The van der Waals surface area contributed by atoms with E-state index in [9.17, 15) is 0 Å². The minimum atomic E-state index is 0.839. The molecule has 0 unspecified atom stereocenters. The van der Waals surface area contributed by atoms with Crippen molar-refractivity contribution in [1.82, 2.24) is 9.97 Å². The van der Waals surface area contributed by atoms with E-state index in [-0.39, 0.29) is 0 Å². The van der Waals surface area contributed by atoms with Crippen molar-refractivity contribution in [3.05, 3.63) is 47.8 Å². The van der Waals surface area contributed by atoms with Crippen molar-refractivity contribution >= 4 is 0 Å². The Morgan fingerprint density at radius 2 is 1.35 bits per heavy atom. The highest BCUT2D eigenvalue weighted by atomic mass is 14.9. The third kappa shape index (κ3) is 5.40. The summed E-state index contributed by atoms with van der Waals surface area (Å²) in [5, 5.41) is 0. The van der Waals surface area contributed by atoms with Gasteiger partial charge < -0.3 is 0 Å². The topological polar surface area (TPSA) is 25.8 Å². The van der Waals surface area contributed by atoms with Crippen LogP contribution >= 0.6 is 0 Å². The molecule has 1 heterocycles. The van der Waals surface area contributed by atoms with Crippen LogP contribution in [-0.4, -0.2) is 9.97 Å². The van der Waals surface area contributed by atoms with Crippen LogP contribution in [0.3, 0.4) is 0 Å². The molecular weight excluding hydrogens is 316 g/mol. The monoisotopic (exact) mass is 350 g/mol. The van der Waals surface area contributed by atoms with Crippen molar-refractivity contribution in [3.63, 3.8) is 0 Å². The molecule has 0 radical (unpaired) electrons. The summed E-state index contributed by atoms with van der Waals surface area (Å²) < 4.78 is 0. The molecular formula is C24H34N2. The van der Waals surface area contributed by atoms with Gasteiger partial charge in [0, 0.05) is 18.0 Å². The third-order valence-corrected chi connectivity index (χ3v) is 5.96. The maximum Gasteiger partial charge on any atom is 0.159 e. The molecule has 2 aromatic rings. The lowest BCUT2D eigenvalue weighted by molar-refractivity contribution is 0.252. The zero-order valence-electron chi connectivity index (χ0n) is 16.6. The maximum atomic E-state index is 4.53. The number of aromatic nitrogens is 2. The molecule has 26 heavy (non-hydrogen) atoms. The van der Waals surface area contributed by atoms with E-state index in [1.807, 2.05) is 12.4 Å². The highest BCUT2D eigenvalue weighted by molar-refractivity contribution is 5.55. The molecule has 1 fully saturated rings. The van der Waals surface area contributed by atoms with Crippen LogP contribution in [0.4, 0.5) is 0 Å². The smallest absolute Gasteiger partial charge is 0.159 e. The average molecular weight is 351 g/mol. The number of hydrogen-bond donors (Lipinski definition) is 0. The molecule has 140 valence electrons. The molecule has 1 aromatic heterocycles. The fourth-order valence-corrected chi connectivity index (χ4v) is 4.33. The Morgan fingerprint density at radius 3 is 1.92 bits per heavy atom. The Labute approximate surface area is 159 Å². The van der Waals surface area contributed by atoms with E-state index in [0.29, 0.717) is 0 Å². The molecule has 0 spiro atoms. The Morgan fingerprint density at radius 1 is 0.731 bits per heavy atom. The van der Waals surface area contributed by atoms with E-state index < -0.39 is 0 Å². The summed E-state index contributed by atoms with van der Waals surface area (Å²) in [4.78, 5) is 9.06. The van der Waals surface area contributed by atoms with Gasteiger partial charge in [0.2, 0.25) is 0 Å². The number of aryl methyl sites for hydroxylation is 2. The van der Waals surface area contributed by atoms with E-state index in [0.717, 1.165) is 36.1 Å². The SMILES string of the molecule is CCCc1cnc(-c2ccc(CCC3CCC(CCC)CC3)cc2)nc1. The Balaban J connectivity index is 1.49. The fourth-order valence-electron chi connectivity index (χ4n) is 4.33. The Hall–Kier alpha value is -1.70. The zero-order chi connectivity index (χ0) is 18.2. The van der Waals surface area contributed by atoms with Crippen molar-refractivity contribution in [2.75, 3.05) is 0 Å². The first kappa shape index (κ1) is 19.1. The van der Waals surface area contributed by atoms with Gasteiger partial charge in [-0.15, -0.1) is 0 Å². The number of rotatable bonds is 8. The molecule has 1 aliphatic rings. The summed E-state index contributed by atoms with van der Waals surface area (Å²) in [6.45, 7) is 4.50. The van der Waals surface area contributed by atoms with Crippen LogP contribution in [0.2, 0.25) is 0 Å². The van der Waals surface area contributed by atoms with E-state index >= 15 is 0 Å². The molecule has 1 saturated carbocycles. The second-order valence-electron chi connectivity index (χ2n) is 8.08. The van der Waals surface area contributed by atoms with Crippen molar-refractivity contribution in [3.8, 4) is 11.4 Å². The minimum Gasteiger partial charge on any atom is -0.236 e. The fraction of sp³-hybridized carbons (Fsp3) is 0.583. The first-order valence-electron chi connectivity index (χ1n) is 10.7. The predicted octanol–water partition coefficient (Wildman–Crippen LogP) is 6.64. The summed E-state index contributed by atoms with van der Waals surface area (Å²) in [6.07, 6.45) is 17.3. The largest absolute Gasteiger partial charge is 0.236 e. The van der Waals surface area contributed by atoms with Crippen LogP contribution in [0.5, 0.6) is 0 Å². The molecule has 0 aliphatic heterocycles. The highest BCUT2D eigenvalue weighted by Gasteiger charge is 2.20. The van der Waals surface area contributed by atoms with Crippen molar-refractivity contribution in [2.24, 2.45) is 11.8 Å². The summed E-state index contributed by atoms with van der Waals surface area (Å²) in [7, 11) is 0. The number of benzene rings is 1. The number of hydrogen-bond acceptors (Lipinski definition) is 2. The Kier molecular flexibility index (Phi) is 7.22. The molecule has 0 saturated heterocycles. The van der Waals surface area contributed by atoms with Gasteiger partial charge in [-0.2, -0.15) is 0 Å². The van der Waals surface area contributed by atoms with Gasteiger partial charge in [0.05, 0.1) is 0 Å². The van der Waals surface area contributed by atoms with E-state index in [2.05, 4.69) is 48.1 Å². The van der Waals surface area contributed by atoms with Crippen LogP contribution in [0.1, 0.15) is 76.3 Å². The van der Waals surface area contributed by atoms with Gasteiger partial charge in [-0.25, -0.2) is 9.97 Å². The first-order chi connectivity index (χ1) is 12.8. The molecule has 2 nitrogen and oxygen atoms in total. The van der Waals surface area contributed by atoms with Crippen LogP contribution in [0, 0.1) is 11.8 Å². The van der Waals surface area contributed by atoms with Gasteiger partial charge in [-0.3, -0.25) is 0 Å². The minimum absolute atomic E-state index is 0.839. The summed E-state index contributed by atoms with van der Waals surface area (Å²) in [6, 6.07) is 8.90. The molecule has 0 atom stereocenters. The lowest BCUT2D eigenvalue weighted by Gasteiger charge is -2.28. The van der Waals surface area contributed by atoms with Crippen LogP contribution < -0.4 is 0 Å². The predicted molar refractivity (Wildman–Crippen MR) is 110 cm³/mol. The maximum absolute atomic E-state index is 4.53. The van der Waals surface area contributed by atoms with Crippen molar-refractivity contribution in [2.45, 2.75) is 78.1 Å². The van der Waals surface area contributed by atoms with E-state index in [1.165, 1.54) is 62.5 Å². The zero-order valence-corrected chi connectivity index (χ0v) is 16.6. The highest BCUT2D eigenvalue weighted by Crippen LogP contribution is 2.33. The summed E-state index contributed by atoms with van der Waals surface area (Å²) in [5.41, 5.74) is 3.80. The Bertz CT molecular complexity index is 637. The molecule has 1 aromatic carbocycles. The molecule has 0 bridgehead atoms. The van der Waals surface area contributed by atoms with Gasteiger partial charge in [-0.05, 0) is 42.2 Å². The lowest BCUT2D eigenvalue weighted by Crippen LogP contribution is -2.15. The van der Waals surface area contributed by atoms with Crippen LogP contribution in [0.15, 0.2) is 36.7 Å². The molecule has 0 N–H and O–H groups in total. The quantitative estimate of drug-likeness (QED) is 0.533. The average Bonchev–Trinajstić information content (AvgIpc) is 2.69. The van der Waals surface area contributed by atoms with Crippen molar-refractivity contribution in [1.29, 1.82) is 0 Å². The lowest BCUT2D eigenvalue weighted by atomic mass is 9.78. The van der Waals surface area contributed by atoms with E-state index in [4.69, 9.17) is 0 Å². The van der Waals surface area contributed by atoms with Gasteiger partial charge in [0.15, 0.2) is 5.82 Å².